The Labute approximate surface area is 108 Å². The molecule has 17 heavy (non-hydrogen) atoms. The summed E-state index contributed by atoms with van der Waals surface area (Å²) in [5, 5.41) is 0. The SMILES string of the molecule is COc1cc(Oc2ccccc2Br)ccc1N. The van der Waals surface area contributed by atoms with E-state index in [1.165, 1.54) is 0 Å². The van der Waals surface area contributed by atoms with Crippen LogP contribution in [-0.2, 0) is 0 Å². The molecule has 2 aromatic rings. The van der Waals surface area contributed by atoms with Crippen molar-refractivity contribution in [1.82, 2.24) is 0 Å². The van der Waals surface area contributed by atoms with Gasteiger partial charge in [0.05, 0.1) is 17.3 Å². The van der Waals surface area contributed by atoms with Gasteiger partial charge in [0.25, 0.3) is 0 Å². The molecule has 88 valence electrons. The van der Waals surface area contributed by atoms with E-state index in [-0.39, 0.29) is 0 Å². The monoisotopic (exact) mass is 293 g/mol. The fourth-order valence-electron chi connectivity index (χ4n) is 1.41. The van der Waals surface area contributed by atoms with Gasteiger partial charge in [0.1, 0.15) is 17.2 Å². The number of ether oxygens (including phenoxy) is 2. The van der Waals surface area contributed by atoms with Gasteiger partial charge in [-0.3, -0.25) is 0 Å². The van der Waals surface area contributed by atoms with E-state index in [2.05, 4.69) is 15.9 Å². The summed E-state index contributed by atoms with van der Waals surface area (Å²) in [7, 11) is 1.58. The minimum absolute atomic E-state index is 0.590. The molecule has 3 nitrogen and oxygen atoms in total. The summed E-state index contributed by atoms with van der Waals surface area (Å²) in [4.78, 5) is 0. The lowest BCUT2D eigenvalue weighted by Crippen LogP contribution is -1.93. The maximum absolute atomic E-state index is 5.73. The van der Waals surface area contributed by atoms with Crippen LogP contribution in [0.4, 0.5) is 5.69 Å². The minimum atomic E-state index is 0.590. The van der Waals surface area contributed by atoms with E-state index in [1.807, 2.05) is 24.3 Å². The summed E-state index contributed by atoms with van der Waals surface area (Å²) in [6.07, 6.45) is 0. The number of anilines is 1. The molecule has 0 atom stereocenters. The smallest absolute Gasteiger partial charge is 0.145 e. The average molecular weight is 294 g/mol. The van der Waals surface area contributed by atoms with Gasteiger partial charge in [-0.25, -0.2) is 0 Å². The first-order valence-corrected chi connectivity index (χ1v) is 5.86. The van der Waals surface area contributed by atoms with Crippen LogP contribution in [0.25, 0.3) is 0 Å². The number of nitrogens with two attached hydrogens (primary N) is 1. The van der Waals surface area contributed by atoms with Crippen molar-refractivity contribution in [2.45, 2.75) is 0 Å². The van der Waals surface area contributed by atoms with Gasteiger partial charge in [0.15, 0.2) is 0 Å². The third-order valence-corrected chi connectivity index (χ3v) is 2.92. The number of rotatable bonds is 3. The van der Waals surface area contributed by atoms with Crippen LogP contribution in [0, 0.1) is 0 Å². The van der Waals surface area contributed by atoms with Crippen molar-refractivity contribution in [3.63, 3.8) is 0 Å². The van der Waals surface area contributed by atoms with Gasteiger partial charge in [-0.1, -0.05) is 12.1 Å². The van der Waals surface area contributed by atoms with Gasteiger partial charge in [0.2, 0.25) is 0 Å². The van der Waals surface area contributed by atoms with E-state index in [4.69, 9.17) is 15.2 Å². The summed E-state index contributed by atoms with van der Waals surface area (Å²) in [6, 6.07) is 13.0. The molecule has 0 heterocycles. The second-order valence-electron chi connectivity index (χ2n) is 3.44. The molecule has 0 saturated heterocycles. The third-order valence-electron chi connectivity index (χ3n) is 2.27. The molecule has 0 fully saturated rings. The molecule has 4 heteroatoms. The van der Waals surface area contributed by atoms with Crippen molar-refractivity contribution in [2.75, 3.05) is 12.8 Å². The Kier molecular flexibility index (Phi) is 3.54. The number of hydrogen-bond donors (Lipinski definition) is 1. The number of hydrogen-bond acceptors (Lipinski definition) is 3. The van der Waals surface area contributed by atoms with Crippen LogP contribution in [0.2, 0.25) is 0 Å². The molecular weight excluding hydrogens is 282 g/mol. The molecule has 0 bridgehead atoms. The summed E-state index contributed by atoms with van der Waals surface area (Å²) in [5.74, 6) is 2.04. The molecule has 0 aliphatic rings. The van der Waals surface area contributed by atoms with Crippen LogP contribution < -0.4 is 15.2 Å². The van der Waals surface area contributed by atoms with Gasteiger partial charge in [-0.15, -0.1) is 0 Å². The van der Waals surface area contributed by atoms with Gasteiger partial charge in [-0.2, -0.15) is 0 Å². The van der Waals surface area contributed by atoms with Crippen molar-refractivity contribution in [3.05, 3.63) is 46.9 Å². The first kappa shape index (κ1) is 11.8. The zero-order chi connectivity index (χ0) is 12.3. The Hall–Kier alpha value is -1.68. The van der Waals surface area contributed by atoms with Gasteiger partial charge in [-0.05, 0) is 40.2 Å². The Morgan fingerprint density at radius 3 is 2.53 bits per heavy atom. The molecule has 2 N–H and O–H groups in total. The Bertz CT molecular complexity index is 529. The lowest BCUT2D eigenvalue weighted by atomic mass is 10.3. The highest BCUT2D eigenvalue weighted by molar-refractivity contribution is 9.10. The van der Waals surface area contributed by atoms with Crippen LogP contribution in [0.15, 0.2) is 46.9 Å². The molecule has 0 spiro atoms. The Balaban J connectivity index is 2.28. The summed E-state index contributed by atoms with van der Waals surface area (Å²) in [5.41, 5.74) is 6.32. The van der Waals surface area contributed by atoms with E-state index in [9.17, 15) is 0 Å². The lowest BCUT2D eigenvalue weighted by Gasteiger charge is -2.10. The largest absolute Gasteiger partial charge is 0.494 e. The Morgan fingerprint density at radius 1 is 1.06 bits per heavy atom. The van der Waals surface area contributed by atoms with Crippen molar-refractivity contribution in [1.29, 1.82) is 0 Å². The number of halogens is 1. The lowest BCUT2D eigenvalue weighted by molar-refractivity contribution is 0.411. The van der Waals surface area contributed by atoms with Gasteiger partial charge >= 0.3 is 0 Å². The fourth-order valence-corrected chi connectivity index (χ4v) is 1.78. The molecule has 0 aliphatic carbocycles. The highest BCUT2D eigenvalue weighted by Gasteiger charge is 2.05. The Morgan fingerprint density at radius 2 is 1.82 bits per heavy atom. The predicted octanol–water partition coefficient (Wildman–Crippen LogP) is 3.83. The molecule has 0 radical (unpaired) electrons. The average Bonchev–Trinajstić information content (AvgIpc) is 2.34. The molecule has 0 unspecified atom stereocenters. The number of para-hydroxylation sites is 1. The van der Waals surface area contributed by atoms with Crippen molar-refractivity contribution < 1.29 is 9.47 Å². The van der Waals surface area contributed by atoms with Crippen LogP contribution in [0.1, 0.15) is 0 Å². The highest BCUT2D eigenvalue weighted by Crippen LogP contribution is 2.32. The topological polar surface area (TPSA) is 44.5 Å². The van der Waals surface area contributed by atoms with E-state index in [1.54, 1.807) is 25.3 Å². The highest BCUT2D eigenvalue weighted by atomic mass is 79.9. The normalized spacial score (nSPS) is 10.0. The molecular formula is C13H12BrNO2. The number of methoxy groups -OCH3 is 1. The van der Waals surface area contributed by atoms with Crippen molar-refractivity contribution in [3.8, 4) is 17.2 Å². The zero-order valence-corrected chi connectivity index (χ0v) is 10.9. The van der Waals surface area contributed by atoms with E-state index in [0.29, 0.717) is 17.2 Å². The first-order valence-electron chi connectivity index (χ1n) is 5.06. The van der Waals surface area contributed by atoms with Gasteiger partial charge in [0, 0.05) is 6.07 Å². The third kappa shape index (κ3) is 2.71. The summed E-state index contributed by atoms with van der Waals surface area (Å²) >= 11 is 3.42. The zero-order valence-electron chi connectivity index (χ0n) is 9.31. The quantitative estimate of drug-likeness (QED) is 0.875. The van der Waals surface area contributed by atoms with Crippen LogP contribution in [0.5, 0.6) is 17.2 Å². The minimum Gasteiger partial charge on any atom is -0.494 e. The first-order chi connectivity index (χ1) is 8.20. The maximum Gasteiger partial charge on any atom is 0.145 e. The number of benzene rings is 2. The molecule has 2 aromatic carbocycles. The predicted molar refractivity (Wildman–Crippen MR) is 71.6 cm³/mol. The van der Waals surface area contributed by atoms with E-state index < -0.39 is 0 Å². The van der Waals surface area contributed by atoms with Crippen LogP contribution >= 0.6 is 15.9 Å². The number of nitrogen functional groups attached to an aromatic ring is 1. The van der Waals surface area contributed by atoms with Crippen molar-refractivity contribution in [2.24, 2.45) is 0 Å². The fraction of sp³-hybridized carbons (Fsp3) is 0.0769. The van der Waals surface area contributed by atoms with E-state index >= 15 is 0 Å². The second-order valence-corrected chi connectivity index (χ2v) is 4.29. The van der Waals surface area contributed by atoms with Crippen LogP contribution in [-0.4, -0.2) is 7.11 Å². The molecule has 0 aromatic heterocycles. The van der Waals surface area contributed by atoms with Gasteiger partial charge < -0.3 is 15.2 Å². The second kappa shape index (κ2) is 5.10. The summed E-state index contributed by atoms with van der Waals surface area (Å²) in [6.45, 7) is 0. The van der Waals surface area contributed by atoms with E-state index in [0.717, 1.165) is 10.2 Å². The standard InChI is InChI=1S/C13H12BrNO2/c1-16-13-8-9(6-7-11(13)15)17-12-5-3-2-4-10(12)14/h2-8H,15H2,1H3. The molecule has 0 amide bonds. The molecule has 0 aliphatic heterocycles. The van der Waals surface area contributed by atoms with Crippen LogP contribution in [0.3, 0.4) is 0 Å². The molecule has 2 rings (SSSR count). The summed E-state index contributed by atoms with van der Waals surface area (Å²) < 4.78 is 11.8. The van der Waals surface area contributed by atoms with Crippen molar-refractivity contribution >= 4 is 21.6 Å². The molecule has 0 saturated carbocycles. The maximum atomic E-state index is 5.73.